The van der Waals surface area contributed by atoms with Crippen molar-refractivity contribution >= 4 is 36.6 Å². The Bertz CT molecular complexity index is 1670. The predicted octanol–water partition coefficient (Wildman–Crippen LogP) is -2.13. The third-order valence-electron chi connectivity index (χ3n) is 7.41. The minimum atomic E-state index is -5.18. The number of rotatable bonds is 10. The number of nitrogens with two attached hydrogens (primary N) is 2. The molecule has 22 heteroatoms. The van der Waals surface area contributed by atoms with Gasteiger partial charge in [-0.25, -0.2) is 29.1 Å². The van der Waals surface area contributed by atoms with Crippen LogP contribution in [-0.2, 0) is 37.4 Å². The van der Waals surface area contributed by atoms with Crippen LogP contribution < -0.4 is 17.2 Å². The summed E-state index contributed by atoms with van der Waals surface area (Å²) < 4.78 is 48.4. The largest absolute Gasteiger partial charge is 0.479 e. The molecule has 21 nitrogen and oxygen atoms in total. The third kappa shape index (κ3) is 6.14. The zero-order valence-electron chi connectivity index (χ0n) is 23.1. The van der Waals surface area contributed by atoms with Gasteiger partial charge in [0.25, 0.3) is 0 Å². The molecule has 0 radical (unpaired) electrons. The second-order valence-electron chi connectivity index (χ2n) is 10.3. The van der Waals surface area contributed by atoms with Gasteiger partial charge in [0.2, 0.25) is 0 Å². The van der Waals surface area contributed by atoms with Crippen LogP contribution in [0.5, 0.6) is 0 Å². The molecular weight excluding hydrogens is 627 g/mol. The molecule has 244 valence electrons. The van der Waals surface area contributed by atoms with Crippen molar-refractivity contribution in [2.24, 2.45) is 0 Å². The molecule has 0 bridgehead atoms. The zero-order valence-corrected chi connectivity index (χ0v) is 24.0. The number of aromatic nitrogens is 6. The van der Waals surface area contributed by atoms with Crippen LogP contribution in [0, 0.1) is 0 Å². The average molecular weight is 657 g/mol. The molecule has 0 aromatic carbocycles. The molecule has 0 spiro atoms. The maximum absolute atomic E-state index is 13.2. The van der Waals surface area contributed by atoms with Crippen molar-refractivity contribution in [1.82, 2.24) is 29.1 Å². The van der Waals surface area contributed by atoms with Crippen molar-refractivity contribution in [2.45, 2.75) is 68.2 Å². The number of hydrogen-bond acceptors (Lipinski definition) is 17. The van der Waals surface area contributed by atoms with Crippen LogP contribution in [0.15, 0.2) is 29.7 Å². The molecule has 0 saturated carbocycles. The number of carboxylic acid groups (broad SMARTS) is 1. The number of anilines is 2. The number of hydrogen-bond donors (Lipinski definition) is 6. The Balaban J connectivity index is 1.20. The first kappa shape index (κ1) is 31.4. The highest BCUT2D eigenvalue weighted by molar-refractivity contribution is 7.47. The molecule has 3 saturated heterocycles. The maximum Gasteiger partial charge on any atom is 0.472 e. The lowest BCUT2D eigenvalue weighted by molar-refractivity contribution is -0.181. The molecule has 2 unspecified atom stereocenters. The van der Waals surface area contributed by atoms with Crippen molar-refractivity contribution < 1.29 is 57.6 Å². The normalized spacial score (nSPS) is 33.1. The van der Waals surface area contributed by atoms with Crippen molar-refractivity contribution in [3.8, 4) is 0 Å². The van der Waals surface area contributed by atoms with Crippen LogP contribution in [0.4, 0.5) is 11.6 Å². The van der Waals surface area contributed by atoms with Gasteiger partial charge in [0.1, 0.15) is 48.2 Å². The first-order valence-corrected chi connectivity index (χ1v) is 15.0. The Morgan fingerprint density at radius 2 is 1.91 bits per heavy atom. The second-order valence-corrected chi connectivity index (χ2v) is 11.7. The predicted molar refractivity (Wildman–Crippen MR) is 145 cm³/mol. The Morgan fingerprint density at radius 1 is 1.11 bits per heavy atom. The highest BCUT2D eigenvalue weighted by Gasteiger charge is 2.55. The SMILES string of the molecule is Nc1ccn([C@@H]2O[C@@H](C(=O)O)[C@H](OP(=O)(O)OC[C@H]3O[C@@H](n4cnc5c(N)ncnc54)[C@H](O)[C@@H]3O)[C@H]2OC2CCCO2)c(=O)n1. The standard InChI is InChI=1S/C23H29N8O13P/c24-10-3-4-30(23(36)29-10)21-16(42-11-2-1-5-39-11)15(17(43-21)22(34)35)44-45(37,38)40-6-9-13(32)14(33)20(41-9)31-8-28-12-18(25)26-7-27-19(12)31/h3-4,7-9,11,13-17,20-21,32-33H,1-2,5-6H2,(H,34,35)(H,37,38)(H2,24,29,36)(H2,25,26,27)/t9-,11?,13-,14-,15-,16-,17-,20-,21-/m1/s1. The Morgan fingerprint density at radius 3 is 2.62 bits per heavy atom. The fourth-order valence-electron chi connectivity index (χ4n) is 5.28. The molecule has 3 aromatic rings. The van der Waals surface area contributed by atoms with Gasteiger partial charge in [-0.3, -0.25) is 18.2 Å². The van der Waals surface area contributed by atoms with Gasteiger partial charge in [-0.2, -0.15) is 4.98 Å². The van der Waals surface area contributed by atoms with E-state index in [2.05, 4.69) is 19.9 Å². The molecule has 0 aliphatic carbocycles. The number of nitrogen functional groups attached to an aromatic ring is 2. The minimum Gasteiger partial charge on any atom is -0.479 e. The van der Waals surface area contributed by atoms with E-state index in [1.54, 1.807) is 0 Å². The number of phosphoric acid groups is 1. The quantitative estimate of drug-likeness (QED) is 0.127. The van der Waals surface area contributed by atoms with E-state index in [9.17, 15) is 34.4 Å². The van der Waals surface area contributed by atoms with Crippen LogP contribution in [0.25, 0.3) is 11.2 Å². The van der Waals surface area contributed by atoms with E-state index in [1.807, 2.05) is 0 Å². The van der Waals surface area contributed by atoms with Crippen LogP contribution in [0.1, 0.15) is 25.3 Å². The minimum absolute atomic E-state index is 0.0714. The molecule has 3 aliphatic rings. The molecule has 45 heavy (non-hydrogen) atoms. The van der Waals surface area contributed by atoms with Gasteiger partial charge in [0.05, 0.1) is 12.9 Å². The van der Waals surface area contributed by atoms with Gasteiger partial charge < -0.3 is 50.6 Å². The first-order chi connectivity index (χ1) is 21.4. The highest BCUT2D eigenvalue weighted by atomic mass is 31.2. The second kappa shape index (κ2) is 12.3. The van der Waals surface area contributed by atoms with Crippen molar-refractivity contribution in [3.63, 3.8) is 0 Å². The van der Waals surface area contributed by atoms with Crippen molar-refractivity contribution in [1.29, 1.82) is 0 Å². The molecular formula is C23H29N8O13P. The molecule has 6 rings (SSSR count). The fraction of sp³-hybridized carbons (Fsp3) is 0.565. The maximum atomic E-state index is 13.2. The monoisotopic (exact) mass is 656 g/mol. The number of aliphatic hydroxyl groups excluding tert-OH is 2. The number of ether oxygens (including phenoxy) is 4. The average Bonchev–Trinajstić information content (AvgIpc) is 3.77. The summed E-state index contributed by atoms with van der Waals surface area (Å²) >= 11 is 0. The molecule has 3 aromatic heterocycles. The van der Waals surface area contributed by atoms with E-state index < -0.39 is 81.5 Å². The summed E-state index contributed by atoms with van der Waals surface area (Å²) in [7, 11) is -5.18. The van der Waals surface area contributed by atoms with Gasteiger partial charge in [-0.05, 0) is 12.5 Å². The van der Waals surface area contributed by atoms with Crippen LogP contribution in [0.3, 0.4) is 0 Å². The third-order valence-corrected chi connectivity index (χ3v) is 8.40. The Kier molecular flexibility index (Phi) is 8.56. The molecule has 3 aliphatic heterocycles. The number of phosphoric ester groups is 1. The number of carbonyl (C=O) groups is 1. The molecule has 10 atom stereocenters. The summed E-state index contributed by atoms with van der Waals surface area (Å²) in [6.07, 6.45) is -8.69. The van der Waals surface area contributed by atoms with Crippen LogP contribution >= 0.6 is 7.82 Å². The summed E-state index contributed by atoms with van der Waals surface area (Å²) in [6.45, 7) is -0.451. The lowest BCUT2D eigenvalue weighted by atomic mass is 10.1. The summed E-state index contributed by atoms with van der Waals surface area (Å²) in [5.74, 6) is -1.64. The molecule has 3 fully saturated rings. The van der Waals surface area contributed by atoms with Crippen molar-refractivity contribution in [2.75, 3.05) is 24.7 Å². The van der Waals surface area contributed by atoms with Crippen LogP contribution in [-0.4, -0.2) is 111 Å². The summed E-state index contributed by atoms with van der Waals surface area (Å²) in [5, 5.41) is 31.2. The van der Waals surface area contributed by atoms with E-state index in [-0.39, 0.29) is 22.8 Å². The number of aliphatic hydroxyl groups is 2. The number of fused-ring (bicyclic) bond motifs is 1. The Labute approximate surface area is 251 Å². The first-order valence-electron chi connectivity index (χ1n) is 13.5. The summed E-state index contributed by atoms with van der Waals surface area (Å²) in [4.78, 5) is 51.0. The zero-order chi connectivity index (χ0) is 32.0. The molecule has 0 amide bonds. The number of aliphatic carboxylic acids is 1. The lowest BCUT2D eigenvalue weighted by Gasteiger charge is -2.28. The Hall–Kier alpha value is -3.63. The number of carboxylic acids is 1. The van der Waals surface area contributed by atoms with E-state index in [0.29, 0.717) is 19.4 Å². The van der Waals surface area contributed by atoms with E-state index in [4.69, 9.17) is 39.5 Å². The van der Waals surface area contributed by atoms with Gasteiger partial charge in [0.15, 0.2) is 36.3 Å². The number of nitrogens with zero attached hydrogens (tertiary/aromatic N) is 6. The fourth-order valence-corrected chi connectivity index (χ4v) is 6.21. The topological polar surface area (TPSA) is 301 Å². The van der Waals surface area contributed by atoms with Gasteiger partial charge >= 0.3 is 19.5 Å². The van der Waals surface area contributed by atoms with Gasteiger partial charge in [-0.15, -0.1) is 0 Å². The highest BCUT2D eigenvalue weighted by Crippen LogP contribution is 2.50. The number of imidazole rings is 1. The molecule has 6 heterocycles. The lowest BCUT2D eigenvalue weighted by Crippen LogP contribution is -2.42. The summed E-state index contributed by atoms with van der Waals surface area (Å²) in [5.41, 5.74) is 10.9. The smallest absolute Gasteiger partial charge is 0.472 e. The van der Waals surface area contributed by atoms with Crippen molar-refractivity contribution in [3.05, 3.63) is 35.4 Å². The van der Waals surface area contributed by atoms with Gasteiger partial charge in [-0.1, -0.05) is 0 Å². The summed E-state index contributed by atoms with van der Waals surface area (Å²) in [6, 6.07) is 1.26. The van der Waals surface area contributed by atoms with E-state index in [0.717, 1.165) is 4.57 Å². The van der Waals surface area contributed by atoms with E-state index in [1.165, 1.54) is 29.5 Å². The molecule has 8 N–H and O–H groups in total. The van der Waals surface area contributed by atoms with Crippen LogP contribution in [0.2, 0.25) is 0 Å². The van der Waals surface area contributed by atoms with E-state index >= 15 is 0 Å². The van der Waals surface area contributed by atoms with Gasteiger partial charge in [0, 0.05) is 19.2 Å².